The molecule has 1 amide bonds. The monoisotopic (exact) mass is 518 g/mol. The first-order chi connectivity index (χ1) is 15.1. The minimum Gasteiger partial charge on any atom is -0.466 e. The summed E-state index contributed by atoms with van der Waals surface area (Å²) < 4.78 is 32.8. The van der Waals surface area contributed by atoms with Crippen LogP contribution in [-0.2, 0) is 19.6 Å². The Hall–Kier alpha value is -1.84. The Balaban J connectivity index is 1.92. The predicted molar refractivity (Wildman–Crippen MR) is 123 cm³/mol. The van der Waals surface area contributed by atoms with Crippen molar-refractivity contribution in [2.75, 3.05) is 6.61 Å². The van der Waals surface area contributed by atoms with Crippen LogP contribution in [0.15, 0.2) is 41.3 Å². The number of rotatable bonds is 9. The van der Waals surface area contributed by atoms with Crippen molar-refractivity contribution in [3.63, 3.8) is 0 Å². The molecular formula is C21H21Cl3N2O5S. The summed E-state index contributed by atoms with van der Waals surface area (Å²) in [7, 11) is -3.93. The van der Waals surface area contributed by atoms with E-state index in [1.165, 1.54) is 6.07 Å². The molecule has 0 unspecified atom stereocenters. The molecule has 1 aliphatic rings. The number of hydrogen-bond donors (Lipinski definition) is 2. The van der Waals surface area contributed by atoms with Crippen molar-refractivity contribution in [3.05, 3.63) is 62.6 Å². The lowest BCUT2D eigenvalue weighted by Gasteiger charge is -2.20. The molecule has 0 heterocycles. The van der Waals surface area contributed by atoms with E-state index in [9.17, 15) is 18.0 Å². The molecule has 0 spiro atoms. The van der Waals surface area contributed by atoms with Gasteiger partial charge in [-0.3, -0.25) is 9.59 Å². The molecule has 1 saturated carbocycles. The summed E-state index contributed by atoms with van der Waals surface area (Å²) in [6.07, 6.45) is 1.30. The van der Waals surface area contributed by atoms with E-state index >= 15 is 0 Å². The molecule has 1 atom stereocenters. The van der Waals surface area contributed by atoms with Crippen LogP contribution in [0.1, 0.15) is 48.1 Å². The Bertz CT molecular complexity index is 1140. The second kappa shape index (κ2) is 10.4. The average Bonchev–Trinajstić information content (AvgIpc) is 3.51. The molecule has 1 aliphatic carbocycles. The Morgan fingerprint density at radius 2 is 1.78 bits per heavy atom. The SMILES string of the molecule is CCOC(=O)C[C@@H](NC(=O)c1cc(S(=O)(=O)NC2CC2)c(Cl)cc1Cl)c1ccccc1Cl. The van der Waals surface area contributed by atoms with Crippen molar-refractivity contribution < 1.29 is 22.7 Å². The third kappa shape index (κ3) is 6.14. The first-order valence-corrected chi connectivity index (χ1v) is 12.5. The van der Waals surface area contributed by atoms with E-state index in [4.69, 9.17) is 39.5 Å². The third-order valence-corrected chi connectivity index (χ3v) is 7.36. The highest BCUT2D eigenvalue weighted by molar-refractivity contribution is 7.89. The maximum Gasteiger partial charge on any atom is 0.308 e. The van der Waals surface area contributed by atoms with Gasteiger partial charge in [0, 0.05) is 11.1 Å². The number of hydrogen-bond acceptors (Lipinski definition) is 5. The van der Waals surface area contributed by atoms with Crippen molar-refractivity contribution in [2.24, 2.45) is 0 Å². The van der Waals surface area contributed by atoms with Gasteiger partial charge in [-0.2, -0.15) is 0 Å². The minimum absolute atomic E-state index is 0.0353. The Morgan fingerprint density at radius 3 is 2.41 bits per heavy atom. The third-order valence-electron chi connectivity index (χ3n) is 4.72. The molecule has 32 heavy (non-hydrogen) atoms. The maximum atomic E-state index is 13.1. The van der Waals surface area contributed by atoms with Gasteiger partial charge in [-0.1, -0.05) is 53.0 Å². The van der Waals surface area contributed by atoms with E-state index in [1.54, 1.807) is 31.2 Å². The molecule has 0 aromatic heterocycles. The fourth-order valence-corrected chi connectivity index (χ4v) is 5.44. The van der Waals surface area contributed by atoms with Gasteiger partial charge in [0.2, 0.25) is 10.0 Å². The summed E-state index contributed by atoms with van der Waals surface area (Å²) >= 11 is 18.6. The van der Waals surface area contributed by atoms with E-state index in [0.29, 0.717) is 10.6 Å². The largest absolute Gasteiger partial charge is 0.466 e. The second-order valence-electron chi connectivity index (χ2n) is 7.21. The first kappa shape index (κ1) is 24.8. The smallest absolute Gasteiger partial charge is 0.308 e. The lowest BCUT2D eigenvalue weighted by atomic mass is 10.0. The molecule has 2 aromatic rings. The summed E-state index contributed by atoms with van der Waals surface area (Å²) in [5.41, 5.74) is 0.400. The zero-order valence-corrected chi connectivity index (χ0v) is 20.1. The number of carbonyl (C=O) groups is 2. The van der Waals surface area contributed by atoms with Gasteiger partial charge in [-0.25, -0.2) is 13.1 Å². The van der Waals surface area contributed by atoms with E-state index < -0.39 is 27.9 Å². The van der Waals surface area contributed by atoms with Gasteiger partial charge in [0.05, 0.1) is 34.7 Å². The summed E-state index contributed by atoms with van der Waals surface area (Å²) in [5.74, 6) is -1.22. The van der Waals surface area contributed by atoms with Crippen molar-refractivity contribution in [1.29, 1.82) is 0 Å². The molecule has 172 valence electrons. The van der Waals surface area contributed by atoms with E-state index in [2.05, 4.69) is 10.0 Å². The summed E-state index contributed by atoms with van der Waals surface area (Å²) in [6, 6.07) is 8.10. The number of ether oxygens (including phenoxy) is 1. The number of benzene rings is 2. The second-order valence-corrected chi connectivity index (χ2v) is 10.1. The van der Waals surface area contributed by atoms with Crippen LogP contribution in [0.5, 0.6) is 0 Å². The molecule has 0 bridgehead atoms. The van der Waals surface area contributed by atoms with Crippen molar-refractivity contribution in [1.82, 2.24) is 10.0 Å². The van der Waals surface area contributed by atoms with Gasteiger partial charge in [0.25, 0.3) is 5.91 Å². The number of amides is 1. The van der Waals surface area contributed by atoms with E-state index in [0.717, 1.165) is 18.9 Å². The fraction of sp³-hybridized carbons (Fsp3) is 0.333. The Kier molecular flexibility index (Phi) is 8.06. The van der Waals surface area contributed by atoms with Crippen LogP contribution in [0.25, 0.3) is 0 Å². The van der Waals surface area contributed by atoms with Gasteiger partial charge in [-0.05, 0) is 43.5 Å². The molecule has 7 nitrogen and oxygen atoms in total. The van der Waals surface area contributed by atoms with Crippen LogP contribution >= 0.6 is 34.8 Å². The van der Waals surface area contributed by atoms with Gasteiger partial charge in [0.1, 0.15) is 4.90 Å². The zero-order valence-electron chi connectivity index (χ0n) is 17.0. The van der Waals surface area contributed by atoms with E-state index in [-0.39, 0.29) is 39.6 Å². The van der Waals surface area contributed by atoms with Gasteiger partial charge in [0.15, 0.2) is 0 Å². The molecular weight excluding hydrogens is 499 g/mol. The van der Waals surface area contributed by atoms with Crippen LogP contribution in [0.3, 0.4) is 0 Å². The highest BCUT2D eigenvalue weighted by atomic mass is 35.5. The van der Waals surface area contributed by atoms with Crippen LogP contribution in [0.2, 0.25) is 15.1 Å². The zero-order chi connectivity index (χ0) is 23.5. The molecule has 1 fully saturated rings. The lowest BCUT2D eigenvalue weighted by molar-refractivity contribution is -0.143. The summed E-state index contributed by atoms with van der Waals surface area (Å²) in [5, 5.41) is 2.92. The maximum absolute atomic E-state index is 13.1. The molecule has 0 saturated heterocycles. The predicted octanol–water partition coefficient (Wildman–Crippen LogP) is 4.51. The number of nitrogens with one attached hydrogen (secondary N) is 2. The van der Waals surface area contributed by atoms with Crippen molar-refractivity contribution >= 4 is 56.7 Å². The molecule has 0 aliphatic heterocycles. The number of carbonyl (C=O) groups excluding carboxylic acids is 2. The lowest BCUT2D eigenvalue weighted by Crippen LogP contribution is -2.31. The van der Waals surface area contributed by atoms with Gasteiger partial charge in [-0.15, -0.1) is 0 Å². The average molecular weight is 520 g/mol. The van der Waals surface area contributed by atoms with Crippen molar-refractivity contribution in [3.8, 4) is 0 Å². The summed E-state index contributed by atoms with van der Waals surface area (Å²) in [6.45, 7) is 1.85. The van der Waals surface area contributed by atoms with Crippen LogP contribution in [0, 0.1) is 0 Å². The summed E-state index contributed by atoms with van der Waals surface area (Å²) in [4.78, 5) is 24.9. The minimum atomic E-state index is -3.93. The Labute approximate surface area is 201 Å². The van der Waals surface area contributed by atoms with Gasteiger partial charge >= 0.3 is 5.97 Å². The molecule has 3 rings (SSSR count). The van der Waals surface area contributed by atoms with Crippen LogP contribution in [-0.4, -0.2) is 32.9 Å². The normalized spacial score (nSPS) is 14.6. The topological polar surface area (TPSA) is 102 Å². The fourth-order valence-electron chi connectivity index (χ4n) is 3.01. The standard InChI is InChI=1S/C21H21Cl3N2O5S/c1-2-31-20(27)11-18(13-5-3-4-6-15(13)22)25-21(28)14-9-19(17(24)10-16(14)23)32(29,30)26-12-7-8-12/h3-6,9-10,12,18,26H,2,7-8,11H2,1H3,(H,25,28)/t18-/m1/s1. The van der Waals surface area contributed by atoms with Crippen molar-refractivity contribution in [2.45, 2.75) is 43.2 Å². The number of halogens is 3. The molecule has 2 N–H and O–H groups in total. The highest BCUT2D eigenvalue weighted by Crippen LogP contribution is 2.32. The highest BCUT2D eigenvalue weighted by Gasteiger charge is 2.31. The van der Waals surface area contributed by atoms with Crippen LogP contribution < -0.4 is 10.0 Å². The van der Waals surface area contributed by atoms with Crippen LogP contribution in [0.4, 0.5) is 0 Å². The number of sulfonamides is 1. The van der Waals surface area contributed by atoms with E-state index in [1.807, 2.05) is 0 Å². The van der Waals surface area contributed by atoms with Gasteiger partial charge < -0.3 is 10.1 Å². The Morgan fingerprint density at radius 1 is 1.09 bits per heavy atom. The molecule has 0 radical (unpaired) electrons. The quantitative estimate of drug-likeness (QED) is 0.475. The number of esters is 1. The molecule has 2 aromatic carbocycles. The molecule has 11 heteroatoms. The first-order valence-electron chi connectivity index (χ1n) is 9.84.